The second-order valence-electron chi connectivity index (χ2n) is 7.58. The third-order valence-electron chi connectivity index (χ3n) is 5.59. The number of nitrogens with zero attached hydrogens (tertiary/aromatic N) is 4. The Bertz CT molecular complexity index is 1140. The molecule has 1 saturated heterocycles. The van der Waals surface area contributed by atoms with Crippen LogP contribution >= 0.6 is 23.2 Å². The van der Waals surface area contributed by atoms with Crippen molar-refractivity contribution in [3.8, 4) is 12.1 Å². The Hall–Kier alpha value is -3.02. The summed E-state index contributed by atoms with van der Waals surface area (Å²) in [6, 6.07) is 25.5. The number of benzene rings is 3. The molecule has 0 saturated carbocycles. The predicted octanol–water partition coefficient (Wildman–Crippen LogP) is 5.80. The van der Waals surface area contributed by atoms with Crippen molar-refractivity contribution in [2.24, 2.45) is 0 Å². The van der Waals surface area contributed by atoms with Crippen LogP contribution in [0.25, 0.3) is 0 Å². The molecule has 3 aromatic carbocycles. The zero-order chi connectivity index (χ0) is 21.8. The van der Waals surface area contributed by atoms with E-state index >= 15 is 0 Å². The number of hydrogen-bond donors (Lipinski definition) is 0. The minimum atomic E-state index is 0.0924. The standard InChI is InChI=1S/C25H20Cl2N4/c26-22-8-6-21(7-9-22)25-17-30(16-19-3-1-18(14-28)2-4-19)11-12-31(25)24-10-5-20(15-29)13-23(24)27/h1-10,13,25H,11-12,16-17H2/t25-/m0/s1. The monoisotopic (exact) mass is 446 g/mol. The van der Waals surface area contributed by atoms with E-state index in [9.17, 15) is 0 Å². The van der Waals surface area contributed by atoms with Gasteiger partial charge in [-0.05, 0) is 53.6 Å². The fraction of sp³-hybridized carbons (Fsp3) is 0.200. The summed E-state index contributed by atoms with van der Waals surface area (Å²) in [6.45, 7) is 3.30. The summed E-state index contributed by atoms with van der Waals surface area (Å²) in [4.78, 5) is 4.72. The number of anilines is 1. The first-order valence-corrected chi connectivity index (χ1v) is 10.8. The largest absolute Gasteiger partial charge is 0.361 e. The maximum atomic E-state index is 9.17. The molecule has 1 aliphatic heterocycles. The maximum Gasteiger partial charge on any atom is 0.0992 e. The zero-order valence-corrected chi connectivity index (χ0v) is 18.3. The van der Waals surface area contributed by atoms with Gasteiger partial charge in [0.15, 0.2) is 0 Å². The summed E-state index contributed by atoms with van der Waals surface area (Å²) >= 11 is 12.7. The highest BCUT2D eigenvalue weighted by Gasteiger charge is 2.29. The fourth-order valence-corrected chi connectivity index (χ4v) is 4.41. The van der Waals surface area contributed by atoms with Crippen LogP contribution in [0.2, 0.25) is 10.0 Å². The van der Waals surface area contributed by atoms with E-state index in [4.69, 9.17) is 33.7 Å². The number of piperazine rings is 1. The van der Waals surface area contributed by atoms with Crippen LogP contribution in [-0.2, 0) is 6.54 Å². The van der Waals surface area contributed by atoms with E-state index in [2.05, 4.69) is 34.1 Å². The summed E-state index contributed by atoms with van der Waals surface area (Å²) in [5.41, 5.74) is 4.49. The number of halogens is 2. The molecule has 3 aromatic rings. The molecule has 4 nitrogen and oxygen atoms in total. The van der Waals surface area contributed by atoms with E-state index < -0.39 is 0 Å². The van der Waals surface area contributed by atoms with Crippen LogP contribution in [0.15, 0.2) is 66.7 Å². The molecular weight excluding hydrogens is 427 g/mol. The zero-order valence-electron chi connectivity index (χ0n) is 16.8. The molecule has 0 unspecified atom stereocenters. The Kier molecular flexibility index (Phi) is 6.44. The molecule has 6 heteroatoms. The summed E-state index contributed by atoms with van der Waals surface area (Å²) in [5, 5.41) is 19.5. The molecule has 0 radical (unpaired) electrons. The molecule has 1 aliphatic rings. The number of hydrogen-bond acceptors (Lipinski definition) is 4. The van der Waals surface area contributed by atoms with Gasteiger partial charge in [-0.25, -0.2) is 0 Å². The van der Waals surface area contributed by atoms with Crippen molar-refractivity contribution in [3.63, 3.8) is 0 Å². The lowest BCUT2D eigenvalue weighted by molar-refractivity contribution is 0.215. The smallest absolute Gasteiger partial charge is 0.0992 e. The fourth-order valence-electron chi connectivity index (χ4n) is 3.99. The van der Waals surface area contributed by atoms with Crippen LogP contribution in [0.1, 0.15) is 28.3 Å². The van der Waals surface area contributed by atoms with Crippen LogP contribution in [0.4, 0.5) is 5.69 Å². The van der Waals surface area contributed by atoms with Crippen LogP contribution < -0.4 is 4.90 Å². The molecule has 0 bridgehead atoms. The first-order chi connectivity index (χ1) is 15.1. The highest BCUT2D eigenvalue weighted by molar-refractivity contribution is 6.33. The predicted molar refractivity (Wildman–Crippen MR) is 124 cm³/mol. The van der Waals surface area contributed by atoms with Gasteiger partial charge in [0.2, 0.25) is 0 Å². The van der Waals surface area contributed by atoms with Gasteiger partial charge < -0.3 is 4.90 Å². The average Bonchev–Trinajstić information content (AvgIpc) is 2.80. The second-order valence-corrected chi connectivity index (χ2v) is 8.43. The van der Waals surface area contributed by atoms with Crippen molar-refractivity contribution < 1.29 is 0 Å². The summed E-state index contributed by atoms with van der Waals surface area (Å²) in [5.74, 6) is 0. The third-order valence-corrected chi connectivity index (χ3v) is 6.15. The molecule has 0 aromatic heterocycles. The van der Waals surface area contributed by atoms with E-state index in [1.165, 1.54) is 5.56 Å². The molecule has 154 valence electrons. The Morgan fingerprint density at radius 2 is 1.52 bits per heavy atom. The molecule has 1 fully saturated rings. The number of nitriles is 2. The van der Waals surface area contributed by atoms with Gasteiger partial charge in [-0.2, -0.15) is 10.5 Å². The second kappa shape index (κ2) is 9.41. The highest BCUT2D eigenvalue weighted by Crippen LogP contribution is 2.36. The van der Waals surface area contributed by atoms with Crippen LogP contribution in [0, 0.1) is 22.7 Å². The lowest BCUT2D eigenvalue weighted by Gasteiger charge is -2.43. The molecule has 0 N–H and O–H groups in total. The average molecular weight is 447 g/mol. The molecule has 1 atom stereocenters. The topological polar surface area (TPSA) is 54.1 Å². The van der Waals surface area contributed by atoms with E-state index in [1.54, 1.807) is 6.07 Å². The van der Waals surface area contributed by atoms with Crippen LogP contribution in [0.3, 0.4) is 0 Å². The third kappa shape index (κ3) is 4.84. The van der Waals surface area contributed by atoms with Gasteiger partial charge in [0, 0.05) is 31.2 Å². The van der Waals surface area contributed by atoms with Gasteiger partial charge in [-0.3, -0.25) is 4.90 Å². The molecular formula is C25H20Cl2N4. The quantitative estimate of drug-likeness (QED) is 0.507. The normalized spacial score (nSPS) is 16.5. The molecule has 31 heavy (non-hydrogen) atoms. The first-order valence-electron chi connectivity index (χ1n) is 10.0. The van der Waals surface area contributed by atoms with Crippen molar-refractivity contribution in [1.82, 2.24) is 4.90 Å². The van der Waals surface area contributed by atoms with Crippen molar-refractivity contribution in [3.05, 3.63) is 99.0 Å². The van der Waals surface area contributed by atoms with E-state index in [0.717, 1.165) is 37.4 Å². The first kappa shape index (κ1) is 21.2. The Balaban J connectivity index is 1.61. The lowest BCUT2D eigenvalue weighted by atomic mass is 10.0. The molecule has 0 aliphatic carbocycles. The highest BCUT2D eigenvalue weighted by atomic mass is 35.5. The van der Waals surface area contributed by atoms with E-state index in [-0.39, 0.29) is 6.04 Å². The van der Waals surface area contributed by atoms with Crippen LogP contribution in [-0.4, -0.2) is 24.5 Å². The van der Waals surface area contributed by atoms with Gasteiger partial charge >= 0.3 is 0 Å². The van der Waals surface area contributed by atoms with E-state index in [0.29, 0.717) is 21.2 Å². The molecule has 0 amide bonds. The molecule has 4 rings (SSSR count). The molecule has 0 spiro atoms. The van der Waals surface area contributed by atoms with Gasteiger partial charge in [-0.1, -0.05) is 47.5 Å². The maximum absolute atomic E-state index is 9.17. The van der Waals surface area contributed by atoms with Gasteiger partial charge in [0.05, 0.1) is 40.0 Å². The summed E-state index contributed by atoms with van der Waals surface area (Å²) in [6.07, 6.45) is 0. The Labute approximate surface area is 192 Å². The van der Waals surface area contributed by atoms with Crippen LogP contribution in [0.5, 0.6) is 0 Å². The van der Waals surface area contributed by atoms with Gasteiger partial charge in [0.25, 0.3) is 0 Å². The Morgan fingerprint density at radius 1 is 0.839 bits per heavy atom. The van der Waals surface area contributed by atoms with Crippen molar-refractivity contribution in [2.75, 3.05) is 24.5 Å². The Morgan fingerprint density at radius 3 is 2.16 bits per heavy atom. The molecule has 1 heterocycles. The van der Waals surface area contributed by atoms with Gasteiger partial charge in [-0.15, -0.1) is 0 Å². The lowest BCUT2D eigenvalue weighted by Crippen LogP contribution is -2.48. The van der Waals surface area contributed by atoms with Crippen molar-refractivity contribution in [2.45, 2.75) is 12.6 Å². The minimum absolute atomic E-state index is 0.0924. The SMILES string of the molecule is N#Cc1ccc(CN2CCN(c3ccc(C#N)cc3Cl)[C@H](c3ccc(Cl)cc3)C2)cc1. The summed E-state index contributed by atoms with van der Waals surface area (Å²) < 4.78 is 0. The van der Waals surface area contributed by atoms with Crippen molar-refractivity contribution in [1.29, 1.82) is 10.5 Å². The minimum Gasteiger partial charge on any atom is -0.361 e. The van der Waals surface area contributed by atoms with E-state index in [1.807, 2.05) is 48.5 Å². The van der Waals surface area contributed by atoms with Crippen molar-refractivity contribution >= 4 is 28.9 Å². The summed E-state index contributed by atoms with van der Waals surface area (Å²) in [7, 11) is 0. The van der Waals surface area contributed by atoms with Gasteiger partial charge in [0.1, 0.15) is 0 Å². The number of rotatable bonds is 4.